The predicted molar refractivity (Wildman–Crippen MR) is 78.8 cm³/mol. The molecule has 0 aromatic carbocycles. The number of Topliss-reactive ketones (excluding diaryl/α,β-unsaturated/α-hetero) is 1. The van der Waals surface area contributed by atoms with Gasteiger partial charge in [-0.15, -0.1) is 0 Å². The van der Waals surface area contributed by atoms with Crippen LogP contribution < -0.4 is 0 Å². The molecule has 2 rings (SSSR count). The molecule has 0 aliphatic heterocycles. The lowest BCUT2D eigenvalue weighted by atomic mass is 9.76. The monoisotopic (exact) mass is 290 g/mol. The Balaban J connectivity index is 2.06. The van der Waals surface area contributed by atoms with E-state index in [9.17, 15) is 9.59 Å². The molecular weight excluding hydrogens is 268 g/mol. The van der Waals surface area contributed by atoms with Crippen LogP contribution in [0.15, 0.2) is 35.0 Å². The zero-order chi connectivity index (χ0) is 15.1. The SMILES string of the molecule is CCOC(=O)/C=C/C[C@@H](c1ccco1)[C@@H]1CCCCC1=O. The topological polar surface area (TPSA) is 56.5 Å². The number of allylic oxidation sites excluding steroid dienone is 1. The van der Waals surface area contributed by atoms with E-state index in [-0.39, 0.29) is 17.8 Å². The number of ether oxygens (including phenoxy) is 1. The van der Waals surface area contributed by atoms with Crippen LogP contribution in [-0.4, -0.2) is 18.4 Å². The van der Waals surface area contributed by atoms with Crippen LogP contribution in [0.4, 0.5) is 0 Å². The Hall–Kier alpha value is -1.84. The number of carbonyl (C=O) groups excluding carboxylic acids is 2. The average molecular weight is 290 g/mol. The lowest BCUT2D eigenvalue weighted by Crippen LogP contribution is -2.25. The third kappa shape index (κ3) is 4.31. The van der Waals surface area contributed by atoms with E-state index in [4.69, 9.17) is 9.15 Å². The maximum absolute atomic E-state index is 12.2. The molecule has 4 heteroatoms. The number of esters is 1. The summed E-state index contributed by atoms with van der Waals surface area (Å²) < 4.78 is 10.4. The van der Waals surface area contributed by atoms with Crippen molar-refractivity contribution in [1.29, 1.82) is 0 Å². The molecule has 0 saturated heterocycles. The first-order valence-corrected chi connectivity index (χ1v) is 7.61. The molecule has 0 amide bonds. The van der Waals surface area contributed by atoms with Crippen molar-refractivity contribution >= 4 is 11.8 Å². The number of furan rings is 1. The Morgan fingerprint density at radius 2 is 2.38 bits per heavy atom. The van der Waals surface area contributed by atoms with Gasteiger partial charge in [0.2, 0.25) is 0 Å². The first-order valence-electron chi connectivity index (χ1n) is 7.61. The molecule has 1 aliphatic rings. The summed E-state index contributed by atoms with van der Waals surface area (Å²) in [6.07, 6.45) is 9.09. The largest absolute Gasteiger partial charge is 0.469 e. The Morgan fingerprint density at radius 1 is 1.52 bits per heavy atom. The van der Waals surface area contributed by atoms with Gasteiger partial charge in [0.15, 0.2) is 0 Å². The number of hydrogen-bond acceptors (Lipinski definition) is 4. The fraction of sp³-hybridized carbons (Fsp3) is 0.529. The summed E-state index contributed by atoms with van der Waals surface area (Å²) >= 11 is 0. The standard InChI is InChI=1S/C17H22O4/c1-2-20-17(19)11-5-8-14(16-10-6-12-21-16)13-7-3-4-9-15(13)18/h5-6,10-14H,2-4,7-9H2,1H3/b11-5+/t13-,14+/m0/s1. The zero-order valence-corrected chi connectivity index (χ0v) is 12.4. The van der Waals surface area contributed by atoms with Gasteiger partial charge < -0.3 is 9.15 Å². The number of ketones is 1. The van der Waals surface area contributed by atoms with Crippen LogP contribution >= 0.6 is 0 Å². The van der Waals surface area contributed by atoms with Gasteiger partial charge in [0.05, 0.1) is 12.9 Å². The molecule has 1 aromatic heterocycles. The van der Waals surface area contributed by atoms with Crippen molar-refractivity contribution in [1.82, 2.24) is 0 Å². The van der Waals surface area contributed by atoms with Gasteiger partial charge in [-0.2, -0.15) is 0 Å². The minimum absolute atomic E-state index is 0.00301. The predicted octanol–water partition coefficient (Wildman–Crippen LogP) is 3.63. The summed E-state index contributed by atoms with van der Waals surface area (Å²) in [4.78, 5) is 23.5. The summed E-state index contributed by atoms with van der Waals surface area (Å²) in [6, 6.07) is 3.75. The second kappa shape index (κ2) is 7.81. The van der Waals surface area contributed by atoms with Crippen LogP contribution in [0.5, 0.6) is 0 Å². The second-order valence-corrected chi connectivity index (χ2v) is 5.33. The van der Waals surface area contributed by atoms with Crippen LogP contribution in [-0.2, 0) is 14.3 Å². The maximum Gasteiger partial charge on any atom is 0.330 e. The van der Waals surface area contributed by atoms with Gasteiger partial charge in [-0.25, -0.2) is 4.79 Å². The molecule has 0 radical (unpaired) electrons. The van der Waals surface area contributed by atoms with Crippen molar-refractivity contribution in [2.45, 2.75) is 44.9 Å². The number of carbonyl (C=O) groups is 2. The van der Waals surface area contributed by atoms with E-state index >= 15 is 0 Å². The summed E-state index contributed by atoms with van der Waals surface area (Å²) in [5.41, 5.74) is 0. The van der Waals surface area contributed by atoms with E-state index in [1.807, 2.05) is 12.1 Å². The highest BCUT2D eigenvalue weighted by atomic mass is 16.5. The maximum atomic E-state index is 12.2. The molecule has 0 unspecified atom stereocenters. The van der Waals surface area contributed by atoms with Gasteiger partial charge in [-0.3, -0.25) is 4.79 Å². The van der Waals surface area contributed by atoms with Crippen LogP contribution in [0, 0.1) is 5.92 Å². The van der Waals surface area contributed by atoms with Gasteiger partial charge in [0.25, 0.3) is 0 Å². The summed E-state index contributed by atoms with van der Waals surface area (Å²) in [6.45, 7) is 2.14. The number of hydrogen-bond donors (Lipinski definition) is 0. The van der Waals surface area contributed by atoms with Gasteiger partial charge in [0, 0.05) is 24.3 Å². The second-order valence-electron chi connectivity index (χ2n) is 5.33. The smallest absolute Gasteiger partial charge is 0.330 e. The lowest BCUT2D eigenvalue weighted by molar-refractivity contribution is -0.137. The third-order valence-electron chi connectivity index (χ3n) is 3.93. The number of rotatable bonds is 6. The highest BCUT2D eigenvalue weighted by Gasteiger charge is 2.32. The van der Waals surface area contributed by atoms with Crippen molar-refractivity contribution in [3.8, 4) is 0 Å². The fourth-order valence-electron chi connectivity index (χ4n) is 2.92. The Morgan fingerprint density at radius 3 is 3.05 bits per heavy atom. The Kier molecular flexibility index (Phi) is 5.78. The van der Waals surface area contributed by atoms with Crippen LogP contribution in [0.3, 0.4) is 0 Å². The van der Waals surface area contributed by atoms with E-state index in [0.29, 0.717) is 25.2 Å². The minimum Gasteiger partial charge on any atom is -0.469 e. The van der Waals surface area contributed by atoms with Crippen LogP contribution in [0.1, 0.15) is 50.7 Å². The van der Waals surface area contributed by atoms with Crippen molar-refractivity contribution in [2.75, 3.05) is 6.61 Å². The third-order valence-corrected chi connectivity index (χ3v) is 3.93. The highest BCUT2D eigenvalue weighted by molar-refractivity contribution is 5.83. The van der Waals surface area contributed by atoms with Crippen molar-refractivity contribution in [2.24, 2.45) is 5.92 Å². The molecule has 0 bridgehead atoms. The fourth-order valence-corrected chi connectivity index (χ4v) is 2.92. The van der Waals surface area contributed by atoms with E-state index in [1.54, 1.807) is 19.3 Å². The van der Waals surface area contributed by atoms with E-state index < -0.39 is 0 Å². The molecular formula is C17H22O4. The first kappa shape index (κ1) is 15.5. The summed E-state index contributed by atoms with van der Waals surface area (Å²) in [5.74, 6) is 0.803. The molecule has 1 fully saturated rings. The van der Waals surface area contributed by atoms with E-state index in [0.717, 1.165) is 25.0 Å². The summed E-state index contributed by atoms with van der Waals surface area (Å²) in [7, 11) is 0. The summed E-state index contributed by atoms with van der Waals surface area (Å²) in [5, 5.41) is 0. The molecule has 1 aromatic rings. The van der Waals surface area contributed by atoms with Gasteiger partial charge >= 0.3 is 5.97 Å². The molecule has 1 aliphatic carbocycles. The molecule has 0 N–H and O–H groups in total. The molecule has 2 atom stereocenters. The van der Waals surface area contributed by atoms with Crippen LogP contribution in [0.25, 0.3) is 0 Å². The van der Waals surface area contributed by atoms with E-state index in [2.05, 4.69) is 0 Å². The highest BCUT2D eigenvalue weighted by Crippen LogP contribution is 2.36. The van der Waals surface area contributed by atoms with Crippen molar-refractivity contribution in [3.05, 3.63) is 36.3 Å². The lowest BCUT2D eigenvalue weighted by Gasteiger charge is -2.27. The molecule has 114 valence electrons. The minimum atomic E-state index is -0.342. The Labute approximate surface area is 125 Å². The zero-order valence-electron chi connectivity index (χ0n) is 12.4. The van der Waals surface area contributed by atoms with E-state index in [1.165, 1.54) is 6.08 Å². The van der Waals surface area contributed by atoms with Crippen molar-refractivity contribution in [3.63, 3.8) is 0 Å². The molecule has 1 heterocycles. The molecule has 0 spiro atoms. The van der Waals surface area contributed by atoms with Gasteiger partial charge in [-0.05, 0) is 38.3 Å². The molecule has 4 nitrogen and oxygen atoms in total. The molecule has 1 saturated carbocycles. The van der Waals surface area contributed by atoms with Crippen LogP contribution in [0.2, 0.25) is 0 Å². The molecule has 21 heavy (non-hydrogen) atoms. The average Bonchev–Trinajstić information content (AvgIpc) is 2.99. The normalized spacial score (nSPS) is 20.6. The Bertz CT molecular complexity index is 487. The van der Waals surface area contributed by atoms with Crippen molar-refractivity contribution < 1.29 is 18.7 Å². The van der Waals surface area contributed by atoms with Gasteiger partial charge in [0.1, 0.15) is 11.5 Å². The van der Waals surface area contributed by atoms with Gasteiger partial charge in [-0.1, -0.05) is 12.5 Å². The quantitative estimate of drug-likeness (QED) is 0.593. The first-order chi connectivity index (χ1) is 10.2.